The van der Waals surface area contributed by atoms with Crippen LogP contribution >= 0.6 is 0 Å². The molecule has 1 N–H and O–H groups in total. The van der Waals surface area contributed by atoms with Gasteiger partial charge in [0.25, 0.3) is 5.91 Å². The number of carbonyl (C=O) groups excluding carboxylic acids is 2. The maximum absolute atomic E-state index is 12.9. The first-order valence-electron chi connectivity index (χ1n) is 12.3. The number of hydrogen-bond acceptors (Lipinski definition) is 6. The Hall–Kier alpha value is -3.13. The summed E-state index contributed by atoms with van der Waals surface area (Å²) in [5, 5.41) is 3.69. The maximum atomic E-state index is 12.9. The minimum absolute atomic E-state index is 0.0205. The van der Waals surface area contributed by atoms with Crippen molar-refractivity contribution >= 4 is 17.7 Å². The van der Waals surface area contributed by atoms with E-state index in [2.05, 4.69) is 39.5 Å². The Labute approximate surface area is 201 Å². The van der Waals surface area contributed by atoms with Crippen molar-refractivity contribution in [1.82, 2.24) is 20.1 Å². The zero-order valence-corrected chi connectivity index (χ0v) is 20.0. The maximum Gasteiger partial charge on any atom is 0.409 e. The summed E-state index contributed by atoms with van der Waals surface area (Å²) in [7, 11) is 0. The minimum Gasteiger partial charge on any atom is -0.450 e. The van der Waals surface area contributed by atoms with Gasteiger partial charge in [0.15, 0.2) is 0 Å². The lowest BCUT2D eigenvalue weighted by molar-refractivity contribution is 0.0570. The molecule has 4 rings (SSSR count). The van der Waals surface area contributed by atoms with Crippen LogP contribution < -0.4 is 10.2 Å². The predicted molar refractivity (Wildman–Crippen MR) is 132 cm³/mol. The molecule has 2 aromatic rings. The third-order valence-electron chi connectivity index (χ3n) is 6.66. The molecule has 3 heterocycles. The van der Waals surface area contributed by atoms with Crippen LogP contribution in [0.3, 0.4) is 0 Å². The standard InChI is InChI=1S/C26H35N5O3/c1-2-34-26(33)31-19-17-30(18-20-31)25(32)22-3-5-24(6-4-22)29-15-10-23(11-16-29)28-14-9-21-7-12-27-13-8-21/h3-8,12-13,23,28H,2,9-11,14-20H2,1H3. The van der Waals surface area contributed by atoms with E-state index in [9.17, 15) is 9.59 Å². The van der Waals surface area contributed by atoms with Gasteiger partial charge in [-0.05, 0) is 74.7 Å². The second-order valence-corrected chi connectivity index (χ2v) is 8.85. The average Bonchev–Trinajstić information content (AvgIpc) is 2.90. The summed E-state index contributed by atoms with van der Waals surface area (Å²) in [5.74, 6) is 0.0205. The van der Waals surface area contributed by atoms with Crippen molar-refractivity contribution in [2.75, 3.05) is 57.3 Å². The van der Waals surface area contributed by atoms with Crippen LogP contribution in [0.5, 0.6) is 0 Å². The SMILES string of the molecule is CCOC(=O)N1CCN(C(=O)c2ccc(N3CCC(NCCc4ccncc4)CC3)cc2)CC1. The Morgan fingerprint density at radius 1 is 0.941 bits per heavy atom. The third kappa shape index (κ3) is 6.26. The molecule has 8 nitrogen and oxygen atoms in total. The smallest absolute Gasteiger partial charge is 0.409 e. The number of aromatic nitrogens is 1. The number of pyridine rings is 1. The van der Waals surface area contributed by atoms with Crippen molar-refractivity contribution < 1.29 is 14.3 Å². The summed E-state index contributed by atoms with van der Waals surface area (Å²) < 4.78 is 5.05. The number of rotatable bonds is 7. The zero-order chi connectivity index (χ0) is 23.8. The van der Waals surface area contributed by atoms with E-state index >= 15 is 0 Å². The van der Waals surface area contributed by atoms with Crippen LogP contribution in [-0.4, -0.2) is 85.2 Å². The molecule has 2 aliphatic rings. The number of piperidine rings is 1. The monoisotopic (exact) mass is 465 g/mol. The van der Waals surface area contributed by atoms with Gasteiger partial charge in [0.05, 0.1) is 6.61 Å². The van der Waals surface area contributed by atoms with Crippen molar-refractivity contribution in [2.45, 2.75) is 32.2 Å². The largest absolute Gasteiger partial charge is 0.450 e. The van der Waals surface area contributed by atoms with Crippen molar-refractivity contribution in [3.63, 3.8) is 0 Å². The van der Waals surface area contributed by atoms with E-state index in [1.54, 1.807) is 11.8 Å². The summed E-state index contributed by atoms with van der Waals surface area (Å²) in [6.45, 7) is 7.24. The van der Waals surface area contributed by atoms with Crippen LogP contribution in [0.15, 0.2) is 48.8 Å². The van der Waals surface area contributed by atoms with Gasteiger partial charge in [-0.3, -0.25) is 9.78 Å². The van der Waals surface area contributed by atoms with Crippen molar-refractivity contribution in [3.05, 3.63) is 59.9 Å². The van der Waals surface area contributed by atoms with E-state index in [1.807, 2.05) is 29.4 Å². The molecule has 0 saturated carbocycles. The van der Waals surface area contributed by atoms with E-state index in [1.165, 1.54) is 11.3 Å². The normalized spacial score (nSPS) is 17.0. The molecule has 182 valence electrons. The number of carbonyl (C=O) groups is 2. The molecule has 2 amide bonds. The molecule has 0 bridgehead atoms. The number of hydrogen-bond donors (Lipinski definition) is 1. The van der Waals surface area contributed by atoms with Gasteiger partial charge in [-0.25, -0.2) is 4.79 Å². The summed E-state index contributed by atoms with van der Waals surface area (Å²) in [4.78, 5) is 34.7. The number of nitrogens with zero attached hydrogens (tertiary/aromatic N) is 4. The van der Waals surface area contributed by atoms with Crippen LogP contribution in [0.4, 0.5) is 10.5 Å². The highest BCUT2D eigenvalue weighted by Crippen LogP contribution is 2.21. The van der Waals surface area contributed by atoms with Gasteiger partial charge in [0.2, 0.25) is 0 Å². The first kappa shape index (κ1) is 24.0. The predicted octanol–water partition coefficient (Wildman–Crippen LogP) is 2.80. The highest BCUT2D eigenvalue weighted by atomic mass is 16.6. The fraction of sp³-hybridized carbons (Fsp3) is 0.500. The molecule has 8 heteroatoms. The van der Waals surface area contributed by atoms with Crippen LogP contribution in [0.2, 0.25) is 0 Å². The minimum atomic E-state index is -0.299. The van der Waals surface area contributed by atoms with E-state index in [4.69, 9.17) is 4.74 Å². The Morgan fingerprint density at radius 2 is 1.59 bits per heavy atom. The van der Waals surface area contributed by atoms with Gasteiger partial charge in [-0.1, -0.05) is 0 Å². The summed E-state index contributed by atoms with van der Waals surface area (Å²) in [6, 6.07) is 12.7. The molecule has 34 heavy (non-hydrogen) atoms. The first-order valence-corrected chi connectivity index (χ1v) is 12.3. The second-order valence-electron chi connectivity index (χ2n) is 8.85. The number of piperazine rings is 1. The van der Waals surface area contributed by atoms with Crippen molar-refractivity contribution in [3.8, 4) is 0 Å². The fourth-order valence-electron chi connectivity index (χ4n) is 4.62. The molecule has 0 atom stereocenters. The molecular formula is C26H35N5O3. The Morgan fingerprint density at radius 3 is 2.24 bits per heavy atom. The third-order valence-corrected chi connectivity index (χ3v) is 6.66. The van der Waals surface area contributed by atoms with Gasteiger partial charge < -0.3 is 24.8 Å². The molecule has 2 fully saturated rings. The summed E-state index contributed by atoms with van der Waals surface area (Å²) in [6.07, 6.45) is 6.64. The lowest BCUT2D eigenvalue weighted by Gasteiger charge is -2.35. The van der Waals surface area contributed by atoms with E-state index in [-0.39, 0.29) is 12.0 Å². The Kier molecular flexibility index (Phi) is 8.36. The van der Waals surface area contributed by atoms with Crippen molar-refractivity contribution in [1.29, 1.82) is 0 Å². The van der Waals surface area contributed by atoms with Crippen LogP contribution in [0.25, 0.3) is 0 Å². The highest BCUT2D eigenvalue weighted by molar-refractivity contribution is 5.94. The lowest BCUT2D eigenvalue weighted by atomic mass is 10.0. The van der Waals surface area contributed by atoms with Gasteiger partial charge in [0.1, 0.15) is 0 Å². The number of anilines is 1. The molecule has 0 unspecified atom stereocenters. The molecule has 0 aliphatic carbocycles. The zero-order valence-electron chi connectivity index (χ0n) is 20.0. The first-order chi connectivity index (χ1) is 16.6. The van der Waals surface area contributed by atoms with Crippen LogP contribution in [0.1, 0.15) is 35.7 Å². The summed E-state index contributed by atoms with van der Waals surface area (Å²) in [5.41, 5.74) is 3.18. The van der Waals surface area contributed by atoms with Crippen molar-refractivity contribution in [2.24, 2.45) is 0 Å². The molecule has 2 saturated heterocycles. The lowest BCUT2D eigenvalue weighted by Crippen LogP contribution is -2.50. The van der Waals surface area contributed by atoms with Gasteiger partial charge >= 0.3 is 6.09 Å². The second kappa shape index (κ2) is 11.8. The average molecular weight is 466 g/mol. The summed E-state index contributed by atoms with van der Waals surface area (Å²) >= 11 is 0. The van der Waals surface area contributed by atoms with Gasteiger partial charge in [-0.15, -0.1) is 0 Å². The Balaban J connectivity index is 1.20. The number of ether oxygens (including phenoxy) is 1. The van der Waals surface area contributed by atoms with E-state index in [0.29, 0.717) is 44.4 Å². The molecule has 0 radical (unpaired) electrons. The highest BCUT2D eigenvalue weighted by Gasteiger charge is 2.26. The fourth-order valence-corrected chi connectivity index (χ4v) is 4.62. The van der Waals surface area contributed by atoms with Gasteiger partial charge in [0, 0.05) is 69.0 Å². The molecular weight excluding hydrogens is 430 g/mol. The van der Waals surface area contributed by atoms with Crippen LogP contribution in [-0.2, 0) is 11.2 Å². The number of benzene rings is 1. The molecule has 0 spiro atoms. The quantitative estimate of drug-likeness (QED) is 0.678. The number of nitrogens with one attached hydrogen (secondary N) is 1. The molecule has 2 aliphatic heterocycles. The molecule has 1 aromatic carbocycles. The van der Waals surface area contributed by atoms with Crippen LogP contribution in [0, 0.1) is 0 Å². The number of amides is 2. The van der Waals surface area contributed by atoms with E-state index < -0.39 is 0 Å². The molecule has 1 aromatic heterocycles. The van der Waals surface area contributed by atoms with Gasteiger partial charge in [-0.2, -0.15) is 0 Å². The topological polar surface area (TPSA) is 78.0 Å². The Bertz CT molecular complexity index is 921. The van der Waals surface area contributed by atoms with E-state index in [0.717, 1.165) is 38.9 Å².